The third kappa shape index (κ3) is 4.22. The fourth-order valence-corrected chi connectivity index (χ4v) is 1.42. The van der Waals surface area contributed by atoms with Crippen molar-refractivity contribution in [2.24, 2.45) is 0 Å². The van der Waals surface area contributed by atoms with Crippen LogP contribution in [0.3, 0.4) is 0 Å². The smallest absolute Gasteiger partial charge is 0.330 e. The predicted molar refractivity (Wildman–Crippen MR) is 70.6 cm³/mol. The number of hydrogen-bond donors (Lipinski definition) is 1. The van der Waals surface area contributed by atoms with E-state index in [1.54, 1.807) is 38.1 Å². The Kier molecular flexibility index (Phi) is 5.39. The lowest BCUT2D eigenvalue weighted by atomic mass is 10.2. The van der Waals surface area contributed by atoms with Crippen LogP contribution in [-0.2, 0) is 14.3 Å². The fraction of sp³-hybridized carbons (Fsp3) is 0.231. The molecular formula is C13H14ClNO3. The van der Waals surface area contributed by atoms with Gasteiger partial charge in [-0.05, 0) is 31.5 Å². The molecule has 0 saturated heterocycles. The predicted octanol–water partition coefficient (Wildman–Crippen LogP) is 2.71. The molecule has 0 radical (unpaired) electrons. The molecule has 0 spiro atoms. The Labute approximate surface area is 111 Å². The summed E-state index contributed by atoms with van der Waals surface area (Å²) in [7, 11) is 0. The zero-order valence-corrected chi connectivity index (χ0v) is 11.0. The van der Waals surface area contributed by atoms with E-state index in [2.05, 4.69) is 5.32 Å². The maximum atomic E-state index is 11.5. The van der Waals surface area contributed by atoms with Gasteiger partial charge in [-0.3, -0.25) is 4.79 Å². The number of rotatable bonds is 4. The summed E-state index contributed by atoms with van der Waals surface area (Å²) >= 11 is 5.92. The van der Waals surface area contributed by atoms with Gasteiger partial charge in [-0.15, -0.1) is 0 Å². The minimum absolute atomic E-state index is 0.324. The minimum Gasteiger partial charge on any atom is -0.452 e. The number of esters is 1. The molecule has 1 aromatic carbocycles. The lowest BCUT2D eigenvalue weighted by Crippen LogP contribution is -2.20. The molecule has 5 heteroatoms. The van der Waals surface area contributed by atoms with Gasteiger partial charge in [0.2, 0.25) is 0 Å². The van der Waals surface area contributed by atoms with Crippen LogP contribution in [0.5, 0.6) is 0 Å². The van der Waals surface area contributed by atoms with Crippen LogP contribution < -0.4 is 5.32 Å². The number of ether oxygens (including phenoxy) is 1. The van der Waals surface area contributed by atoms with Crippen LogP contribution in [-0.4, -0.2) is 18.5 Å². The van der Waals surface area contributed by atoms with E-state index in [1.807, 2.05) is 0 Å². The second kappa shape index (κ2) is 6.81. The van der Waals surface area contributed by atoms with Gasteiger partial charge in [-0.1, -0.05) is 23.7 Å². The molecule has 0 aromatic heterocycles. The maximum absolute atomic E-state index is 11.5. The molecule has 1 N–H and O–H groups in total. The largest absolute Gasteiger partial charge is 0.452 e. The van der Waals surface area contributed by atoms with Gasteiger partial charge in [0.15, 0.2) is 6.61 Å². The van der Waals surface area contributed by atoms with Crippen molar-refractivity contribution >= 4 is 29.2 Å². The quantitative estimate of drug-likeness (QED) is 0.674. The SMILES string of the molecule is CC=CC(=O)OCC(=O)Nc1cccc(Cl)c1C. The van der Waals surface area contributed by atoms with E-state index in [1.165, 1.54) is 6.08 Å². The number of carbonyl (C=O) groups is 2. The van der Waals surface area contributed by atoms with Gasteiger partial charge in [0.05, 0.1) is 0 Å². The summed E-state index contributed by atoms with van der Waals surface area (Å²) in [5, 5.41) is 3.19. The highest BCUT2D eigenvalue weighted by molar-refractivity contribution is 6.31. The molecule has 4 nitrogen and oxygen atoms in total. The Bertz CT molecular complexity index is 483. The highest BCUT2D eigenvalue weighted by Gasteiger charge is 2.08. The van der Waals surface area contributed by atoms with Crippen molar-refractivity contribution in [3.63, 3.8) is 0 Å². The van der Waals surface area contributed by atoms with Crippen LogP contribution in [0.15, 0.2) is 30.4 Å². The molecule has 1 aromatic rings. The van der Waals surface area contributed by atoms with E-state index in [4.69, 9.17) is 16.3 Å². The molecule has 0 aliphatic rings. The van der Waals surface area contributed by atoms with Crippen molar-refractivity contribution in [1.29, 1.82) is 0 Å². The van der Waals surface area contributed by atoms with Crippen molar-refractivity contribution in [3.05, 3.63) is 40.9 Å². The zero-order chi connectivity index (χ0) is 13.5. The van der Waals surface area contributed by atoms with Gasteiger partial charge in [-0.2, -0.15) is 0 Å². The van der Waals surface area contributed by atoms with Gasteiger partial charge >= 0.3 is 5.97 Å². The lowest BCUT2D eigenvalue weighted by molar-refractivity contribution is -0.142. The maximum Gasteiger partial charge on any atom is 0.330 e. The van der Waals surface area contributed by atoms with Crippen LogP contribution in [0.1, 0.15) is 12.5 Å². The van der Waals surface area contributed by atoms with Crippen molar-refractivity contribution in [3.8, 4) is 0 Å². The molecule has 0 heterocycles. The Morgan fingerprint density at radius 1 is 1.44 bits per heavy atom. The van der Waals surface area contributed by atoms with Gasteiger partial charge < -0.3 is 10.1 Å². The molecule has 18 heavy (non-hydrogen) atoms. The second-order valence-corrected chi connectivity index (χ2v) is 3.98. The molecule has 0 fully saturated rings. The molecule has 0 bridgehead atoms. The normalized spacial score (nSPS) is 10.4. The highest BCUT2D eigenvalue weighted by atomic mass is 35.5. The van der Waals surface area contributed by atoms with Crippen LogP contribution in [0.4, 0.5) is 5.69 Å². The van der Waals surface area contributed by atoms with E-state index in [0.29, 0.717) is 10.7 Å². The average Bonchev–Trinajstić information content (AvgIpc) is 2.33. The van der Waals surface area contributed by atoms with Crippen molar-refractivity contribution in [1.82, 2.24) is 0 Å². The third-order valence-corrected chi connectivity index (χ3v) is 2.60. The first-order valence-corrected chi connectivity index (χ1v) is 5.76. The van der Waals surface area contributed by atoms with Crippen LogP contribution in [0, 0.1) is 6.92 Å². The van der Waals surface area contributed by atoms with Crippen LogP contribution in [0.2, 0.25) is 5.02 Å². The summed E-state index contributed by atoms with van der Waals surface area (Å²) in [5.41, 5.74) is 1.38. The summed E-state index contributed by atoms with van der Waals surface area (Å²) < 4.78 is 4.72. The third-order valence-electron chi connectivity index (χ3n) is 2.19. The first-order valence-electron chi connectivity index (χ1n) is 5.39. The van der Waals surface area contributed by atoms with E-state index in [-0.39, 0.29) is 6.61 Å². The number of hydrogen-bond acceptors (Lipinski definition) is 3. The van der Waals surface area contributed by atoms with Gasteiger partial charge in [-0.25, -0.2) is 4.79 Å². The van der Waals surface area contributed by atoms with Gasteiger partial charge in [0.25, 0.3) is 5.91 Å². The monoisotopic (exact) mass is 267 g/mol. The summed E-state index contributed by atoms with van der Waals surface area (Å²) in [6.07, 6.45) is 2.79. The van der Waals surface area contributed by atoms with Crippen molar-refractivity contribution < 1.29 is 14.3 Å². The molecule has 1 rings (SSSR count). The molecular weight excluding hydrogens is 254 g/mol. The Morgan fingerprint density at radius 3 is 2.83 bits per heavy atom. The molecule has 0 unspecified atom stereocenters. The molecule has 0 aliphatic heterocycles. The zero-order valence-electron chi connectivity index (χ0n) is 10.2. The molecule has 0 atom stereocenters. The summed E-state index contributed by atoms with van der Waals surface area (Å²) in [4.78, 5) is 22.5. The average molecular weight is 268 g/mol. The second-order valence-electron chi connectivity index (χ2n) is 3.57. The van der Waals surface area contributed by atoms with E-state index < -0.39 is 11.9 Å². The standard InChI is InChI=1S/C13H14ClNO3/c1-3-5-13(17)18-8-12(16)15-11-7-4-6-10(14)9(11)2/h3-7H,8H2,1-2H3,(H,15,16). The van der Waals surface area contributed by atoms with Crippen LogP contribution in [0.25, 0.3) is 0 Å². The number of allylic oxidation sites excluding steroid dienone is 1. The number of anilines is 1. The lowest BCUT2D eigenvalue weighted by Gasteiger charge is -2.09. The van der Waals surface area contributed by atoms with Crippen molar-refractivity contribution in [2.45, 2.75) is 13.8 Å². The molecule has 0 aliphatic carbocycles. The summed E-state index contributed by atoms with van der Waals surface area (Å²) in [6, 6.07) is 5.20. The topological polar surface area (TPSA) is 55.4 Å². The minimum atomic E-state index is -0.546. The van der Waals surface area contributed by atoms with Gasteiger partial charge in [0, 0.05) is 16.8 Å². The summed E-state index contributed by atoms with van der Waals surface area (Å²) in [6.45, 7) is 3.16. The Morgan fingerprint density at radius 2 is 2.17 bits per heavy atom. The Balaban J connectivity index is 2.55. The number of carbonyl (C=O) groups excluding carboxylic acids is 2. The van der Waals surface area contributed by atoms with Gasteiger partial charge in [0.1, 0.15) is 0 Å². The molecule has 1 amide bonds. The first-order chi connectivity index (χ1) is 8.54. The van der Waals surface area contributed by atoms with E-state index in [9.17, 15) is 9.59 Å². The number of benzene rings is 1. The Hall–Kier alpha value is -1.81. The van der Waals surface area contributed by atoms with E-state index in [0.717, 1.165) is 5.56 Å². The number of nitrogens with one attached hydrogen (secondary N) is 1. The molecule has 96 valence electrons. The number of halogens is 1. The van der Waals surface area contributed by atoms with E-state index >= 15 is 0 Å². The molecule has 0 saturated carbocycles. The van der Waals surface area contributed by atoms with Crippen LogP contribution >= 0.6 is 11.6 Å². The fourth-order valence-electron chi connectivity index (χ4n) is 1.25. The van der Waals surface area contributed by atoms with Crippen molar-refractivity contribution in [2.75, 3.05) is 11.9 Å². The highest BCUT2D eigenvalue weighted by Crippen LogP contribution is 2.22. The first kappa shape index (κ1) is 14.3. The summed E-state index contributed by atoms with van der Waals surface area (Å²) in [5.74, 6) is -0.950. The number of amides is 1.